The fourth-order valence-electron chi connectivity index (χ4n) is 1.14. The molecule has 0 aliphatic carbocycles. The number of hydrogen-bond donors (Lipinski definition) is 1. The quantitative estimate of drug-likeness (QED) is 0.724. The molecule has 0 bridgehead atoms. The van der Waals surface area contributed by atoms with E-state index in [1.54, 1.807) is 0 Å². The number of nitrogen functional groups attached to an aromatic ring is 1. The first-order valence-corrected chi connectivity index (χ1v) is 4.38. The van der Waals surface area contributed by atoms with Gasteiger partial charge in [0.15, 0.2) is 0 Å². The summed E-state index contributed by atoms with van der Waals surface area (Å²) in [5, 5.41) is 0.756. The van der Waals surface area contributed by atoms with Crippen molar-refractivity contribution in [3.63, 3.8) is 0 Å². The maximum atomic E-state index is 5.58. The van der Waals surface area contributed by atoms with Crippen molar-refractivity contribution < 1.29 is 0 Å². The summed E-state index contributed by atoms with van der Waals surface area (Å²) in [4.78, 5) is 0. The van der Waals surface area contributed by atoms with Gasteiger partial charge in [-0.1, -0.05) is 0 Å². The highest BCUT2D eigenvalue weighted by Crippen LogP contribution is 2.22. The first kappa shape index (κ1) is 7.36. The van der Waals surface area contributed by atoms with E-state index in [0.29, 0.717) is 0 Å². The Labute approximate surface area is 74.6 Å². The summed E-state index contributed by atoms with van der Waals surface area (Å²) in [5.74, 6) is 0. The highest BCUT2D eigenvalue weighted by atomic mass is 32.1. The van der Waals surface area contributed by atoms with Gasteiger partial charge in [0.25, 0.3) is 0 Å². The lowest BCUT2D eigenvalue weighted by atomic mass is 10.3. The van der Waals surface area contributed by atoms with Crippen LogP contribution in [0.15, 0.2) is 24.4 Å². The molecule has 0 aromatic carbocycles. The number of anilines is 1. The molecule has 2 heterocycles. The van der Waals surface area contributed by atoms with Crippen LogP contribution in [0.5, 0.6) is 0 Å². The van der Waals surface area contributed by atoms with Crippen molar-refractivity contribution in [2.24, 2.45) is 7.05 Å². The number of nitrogens with zero attached hydrogens (tertiary/aromatic N) is 2. The van der Waals surface area contributed by atoms with Crippen molar-refractivity contribution in [3.05, 3.63) is 24.4 Å². The summed E-state index contributed by atoms with van der Waals surface area (Å²) in [5.41, 5.74) is 7.63. The van der Waals surface area contributed by atoms with Crippen LogP contribution < -0.4 is 5.73 Å². The van der Waals surface area contributed by atoms with Gasteiger partial charge in [0, 0.05) is 19.3 Å². The highest BCUT2D eigenvalue weighted by Gasteiger charge is 2.04. The number of nitrogens with two attached hydrogens (primary N) is 1. The molecule has 0 saturated carbocycles. The summed E-state index contributed by atoms with van der Waals surface area (Å²) < 4.78 is 6.24. The molecule has 3 nitrogen and oxygen atoms in total. The van der Waals surface area contributed by atoms with Gasteiger partial charge in [-0.15, -0.1) is 0 Å². The minimum Gasteiger partial charge on any atom is -0.389 e. The van der Waals surface area contributed by atoms with E-state index >= 15 is 0 Å². The molecule has 0 fully saturated rings. The van der Waals surface area contributed by atoms with E-state index in [0.717, 1.165) is 16.4 Å². The van der Waals surface area contributed by atoms with E-state index in [1.807, 2.05) is 36.0 Å². The monoisotopic (exact) mass is 179 g/mol. The Bertz CT molecular complexity index is 388. The van der Waals surface area contributed by atoms with Gasteiger partial charge in [-0.25, -0.2) is 0 Å². The number of aryl methyl sites for hydroxylation is 1. The Balaban J connectivity index is 2.50. The van der Waals surface area contributed by atoms with Gasteiger partial charge in [0.2, 0.25) is 0 Å². The summed E-state index contributed by atoms with van der Waals surface area (Å²) in [6, 6.07) is 5.90. The van der Waals surface area contributed by atoms with E-state index in [-0.39, 0.29) is 0 Å². The van der Waals surface area contributed by atoms with Crippen molar-refractivity contribution in [1.29, 1.82) is 0 Å². The second-order valence-electron chi connectivity index (χ2n) is 2.62. The Morgan fingerprint density at radius 3 is 2.92 bits per heavy atom. The average molecular weight is 179 g/mol. The van der Waals surface area contributed by atoms with Crippen LogP contribution in [0, 0.1) is 0 Å². The molecule has 0 aliphatic rings. The zero-order valence-electron chi connectivity index (χ0n) is 6.69. The van der Waals surface area contributed by atoms with E-state index < -0.39 is 0 Å². The largest absolute Gasteiger partial charge is 0.389 e. The molecule has 2 aromatic rings. The maximum absolute atomic E-state index is 5.58. The van der Waals surface area contributed by atoms with Crippen LogP contribution in [0.25, 0.3) is 11.4 Å². The zero-order chi connectivity index (χ0) is 8.55. The van der Waals surface area contributed by atoms with Gasteiger partial charge in [-0.2, -0.15) is 4.37 Å². The van der Waals surface area contributed by atoms with Gasteiger partial charge in [0.1, 0.15) is 10.7 Å². The van der Waals surface area contributed by atoms with Crippen molar-refractivity contribution >= 4 is 16.5 Å². The van der Waals surface area contributed by atoms with Crippen molar-refractivity contribution in [2.45, 2.75) is 0 Å². The average Bonchev–Trinajstić information content (AvgIpc) is 2.58. The summed E-state index contributed by atoms with van der Waals surface area (Å²) in [6.07, 6.45) is 1.99. The van der Waals surface area contributed by atoms with E-state index in [2.05, 4.69) is 4.37 Å². The molecule has 0 amide bonds. The molecule has 62 valence electrons. The van der Waals surface area contributed by atoms with Crippen molar-refractivity contribution in [3.8, 4) is 11.4 Å². The van der Waals surface area contributed by atoms with Crippen LogP contribution in [-0.4, -0.2) is 8.94 Å². The molecule has 2 rings (SSSR count). The molecule has 0 unspecified atom stereocenters. The van der Waals surface area contributed by atoms with E-state index in [1.165, 1.54) is 11.5 Å². The van der Waals surface area contributed by atoms with E-state index in [4.69, 9.17) is 5.73 Å². The van der Waals surface area contributed by atoms with Crippen LogP contribution in [-0.2, 0) is 7.05 Å². The van der Waals surface area contributed by atoms with Crippen molar-refractivity contribution in [2.75, 3.05) is 5.73 Å². The number of rotatable bonds is 1. The van der Waals surface area contributed by atoms with Gasteiger partial charge < -0.3 is 10.3 Å². The normalized spacial score (nSPS) is 10.4. The molecule has 0 radical (unpaired) electrons. The van der Waals surface area contributed by atoms with Gasteiger partial charge in [0.05, 0.1) is 5.69 Å². The van der Waals surface area contributed by atoms with Gasteiger partial charge in [-0.05, 0) is 23.7 Å². The molecule has 4 heteroatoms. The Kier molecular flexibility index (Phi) is 1.62. The lowest BCUT2D eigenvalue weighted by Gasteiger charge is -1.96. The first-order valence-electron chi connectivity index (χ1n) is 3.61. The van der Waals surface area contributed by atoms with Crippen LogP contribution in [0.4, 0.5) is 5.00 Å². The Morgan fingerprint density at radius 1 is 1.58 bits per heavy atom. The lowest BCUT2D eigenvalue weighted by molar-refractivity contribution is 0.934. The molecule has 0 spiro atoms. The van der Waals surface area contributed by atoms with Crippen LogP contribution in [0.2, 0.25) is 0 Å². The second kappa shape index (κ2) is 2.64. The Hall–Kier alpha value is -1.29. The predicted octanol–water partition coefficient (Wildman–Crippen LogP) is 1.73. The topological polar surface area (TPSA) is 43.8 Å². The molecule has 12 heavy (non-hydrogen) atoms. The minimum atomic E-state index is 0.756. The molecule has 2 N–H and O–H groups in total. The third-order valence-corrected chi connectivity index (χ3v) is 2.35. The standard InChI is InChI=1S/C8H9N3S/c1-11-4-2-3-7(11)6-5-8(9)12-10-6/h2-5H,9H2,1H3. The van der Waals surface area contributed by atoms with E-state index in [9.17, 15) is 0 Å². The van der Waals surface area contributed by atoms with Crippen LogP contribution in [0.3, 0.4) is 0 Å². The van der Waals surface area contributed by atoms with Crippen LogP contribution in [0.1, 0.15) is 0 Å². The molecule has 0 saturated heterocycles. The minimum absolute atomic E-state index is 0.756. The summed E-state index contributed by atoms with van der Waals surface area (Å²) >= 11 is 1.33. The molecule has 0 aliphatic heterocycles. The molecular formula is C8H9N3S. The SMILES string of the molecule is Cn1cccc1-c1cc(N)sn1. The molecular weight excluding hydrogens is 170 g/mol. The summed E-state index contributed by atoms with van der Waals surface area (Å²) in [7, 11) is 1.99. The van der Waals surface area contributed by atoms with Crippen molar-refractivity contribution in [1.82, 2.24) is 8.94 Å². The third kappa shape index (κ3) is 1.10. The zero-order valence-corrected chi connectivity index (χ0v) is 7.51. The van der Waals surface area contributed by atoms with Gasteiger partial charge >= 0.3 is 0 Å². The number of aromatic nitrogens is 2. The second-order valence-corrected chi connectivity index (χ2v) is 3.46. The van der Waals surface area contributed by atoms with Gasteiger partial charge in [-0.3, -0.25) is 0 Å². The predicted molar refractivity (Wildman–Crippen MR) is 50.9 cm³/mol. The lowest BCUT2D eigenvalue weighted by Crippen LogP contribution is -1.88. The molecule has 2 aromatic heterocycles. The Morgan fingerprint density at radius 2 is 2.42 bits per heavy atom. The van der Waals surface area contributed by atoms with Crippen LogP contribution >= 0.6 is 11.5 Å². The summed E-state index contributed by atoms with van der Waals surface area (Å²) in [6.45, 7) is 0. The first-order chi connectivity index (χ1) is 5.77. The molecule has 0 atom stereocenters. The fraction of sp³-hybridized carbons (Fsp3) is 0.125. The smallest absolute Gasteiger partial charge is 0.107 e. The fourth-order valence-corrected chi connectivity index (χ4v) is 1.65. The maximum Gasteiger partial charge on any atom is 0.107 e. The highest BCUT2D eigenvalue weighted by molar-refractivity contribution is 7.10. The third-order valence-electron chi connectivity index (χ3n) is 1.73. The number of hydrogen-bond acceptors (Lipinski definition) is 3.